The lowest BCUT2D eigenvalue weighted by Crippen LogP contribution is -2.22. The number of H-pyrrole nitrogens is 1. The van der Waals surface area contributed by atoms with Gasteiger partial charge in [0.15, 0.2) is 31.6 Å². The second-order valence-electron chi connectivity index (χ2n) is 19.0. The fraction of sp³-hybridized carbons (Fsp3) is 0.286. The molecule has 6 aromatic heterocycles. The van der Waals surface area contributed by atoms with Gasteiger partial charge in [0.2, 0.25) is 20.0 Å². The number of thiazole rings is 2. The predicted molar refractivity (Wildman–Crippen MR) is 290 cm³/mol. The first-order valence-corrected chi connectivity index (χ1v) is 29.7. The van der Waals surface area contributed by atoms with Crippen LogP contribution in [-0.4, -0.2) is 89.4 Å². The lowest BCUT2D eigenvalue weighted by molar-refractivity contribution is 0.553. The van der Waals surface area contributed by atoms with Crippen molar-refractivity contribution in [3.05, 3.63) is 119 Å². The zero-order valence-corrected chi connectivity index (χ0v) is 44.6. The summed E-state index contributed by atoms with van der Waals surface area (Å²) in [5.74, 6) is 2.24. The summed E-state index contributed by atoms with van der Waals surface area (Å²) in [4.78, 5) is 17.7. The van der Waals surface area contributed by atoms with Crippen LogP contribution >= 0.6 is 46.2 Å². The van der Waals surface area contributed by atoms with Crippen LogP contribution in [0.5, 0.6) is 0 Å². The molecule has 366 valence electrons. The van der Waals surface area contributed by atoms with Crippen molar-refractivity contribution in [1.29, 1.82) is 0 Å². The van der Waals surface area contributed by atoms with Crippen LogP contribution in [0.25, 0.3) is 60.6 Å². The Kier molecular flexibility index (Phi) is 13.2. The number of nitrogens with one attached hydrogen (secondary N) is 3. The molecule has 0 atom stereocenters. The number of benzene rings is 4. The third kappa shape index (κ3) is 11.0. The van der Waals surface area contributed by atoms with Gasteiger partial charge in [-0.1, -0.05) is 89.3 Å². The van der Waals surface area contributed by atoms with Crippen molar-refractivity contribution in [2.45, 2.75) is 73.9 Å². The Morgan fingerprint density at radius 1 is 0.606 bits per heavy atom. The number of aromatic nitrogens is 10. The van der Waals surface area contributed by atoms with E-state index in [0.29, 0.717) is 64.2 Å². The molecule has 6 heterocycles. The van der Waals surface area contributed by atoms with Crippen LogP contribution in [0, 0.1) is 0 Å². The standard InChI is InChI=1S/C49H50N12O4S6/c1-48(2,3)40-34(44-52-42(56-60(44)54-40)30-17-21-32(22-18-30)58-70(62,63)27-11-25-66-46-50-36-13-7-9-15-38(36)68-46)29-35-41(49(4,5)6)55-61-45(35)53-43(57-61)31-19-23-33(24-20-31)59-71(64,65)28-12-26-67-47-51-37-14-8-10-16-39(37)69-47/h7-10,13-24,29,58-59H,11-12,25-28H2,1-6H3,(H,52,56)/b35-29-. The summed E-state index contributed by atoms with van der Waals surface area (Å²) >= 11 is 6.37. The molecule has 4 aromatic carbocycles. The van der Waals surface area contributed by atoms with Gasteiger partial charge < -0.3 is 4.98 Å². The predicted octanol–water partition coefficient (Wildman–Crippen LogP) is 10.0. The smallest absolute Gasteiger partial charge is 0.232 e. The van der Waals surface area contributed by atoms with Gasteiger partial charge in [0.05, 0.1) is 43.3 Å². The monoisotopic (exact) mass is 1060 g/mol. The largest absolute Gasteiger partial charge is 0.321 e. The molecule has 0 unspecified atom stereocenters. The number of hydrogen-bond donors (Lipinski definition) is 3. The molecular weight excluding hydrogens is 1010 g/mol. The quantitative estimate of drug-likeness (QED) is 0.0574. The minimum Gasteiger partial charge on any atom is -0.321 e. The number of hydrogen-bond acceptors (Lipinski definition) is 15. The number of rotatable bonds is 17. The molecule has 16 nitrogen and oxygen atoms in total. The van der Waals surface area contributed by atoms with Gasteiger partial charge in [-0.15, -0.1) is 42.1 Å². The Balaban J connectivity index is 0.843. The molecule has 0 aliphatic rings. The molecule has 3 N–H and O–H groups in total. The minimum absolute atomic E-state index is 0.0108. The van der Waals surface area contributed by atoms with E-state index in [1.807, 2.05) is 60.7 Å². The van der Waals surface area contributed by atoms with Gasteiger partial charge in [0.1, 0.15) is 0 Å². The zero-order valence-electron chi connectivity index (χ0n) is 39.7. The Morgan fingerprint density at radius 3 is 1.63 bits per heavy atom. The molecule has 22 heteroatoms. The summed E-state index contributed by atoms with van der Waals surface area (Å²) in [5, 5.41) is 20.3. The molecule has 0 aliphatic heterocycles. The van der Waals surface area contributed by atoms with Gasteiger partial charge in [-0.3, -0.25) is 9.44 Å². The Hall–Kier alpha value is -5.91. The van der Waals surface area contributed by atoms with Crippen molar-refractivity contribution in [2.24, 2.45) is 0 Å². The Labute approximate surface area is 427 Å². The molecule has 0 spiro atoms. The van der Waals surface area contributed by atoms with E-state index in [-0.39, 0.29) is 22.3 Å². The van der Waals surface area contributed by atoms with Crippen molar-refractivity contribution in [3.8, 4) is 22.8 Å². The lowest BCUT2D eigenvalue weighted by Gasteiger charge is -2.17. The van der Waals surface area contributed by atoms with E-state index in [2.05, 4.69) is 72.0 Å². The minimum atomic E-state index is -3.59. The first-order valence-electron chi connectivity index (χ1n) is 22.8. The summed E-state index contributed by atoms with van der Waals surface area (Å²) in [5.41, 5.74) is 7.17. The maximum atomic E-state index is 13.0. The highest BCUT2D eigenvalue weighted by Gasteiger charge is 2.29. The lowest BCUT2D eigenvalue weighted by atomic mass is 9.88. The average Bonchev–Trinajstić information content (AvgIpc) is 4.17. The van der Waals surface area contributed by atoms with Gasteiger partial charge in [-0.05, 0) is 91.7 Å². The van der Waals surface area contributed by atoms with Crippen LogP contribution in [0.1, 0.15) is 71.3 Å². The number of para-hydroxylation sites is 2. The second-order valence-corrected chi connectivity index (χ2v) is 27.5. The fourth-order valence-electron chi connectivity index (χ4n) is 7.90. The van der Waals surface area contributed by atoms with E-state index < -0.39 is 20.0 Å². The highest BCUT2D eigenvalue weighted by molar-refractivity contribution is 8.01. The summed E-state index contributed by atoms with van der Waals surface area (Å²) in [7, 11) is -7.16. The van der Waals surface area contributed by atoms with E-state index in [1.54, 1.807) is 91.9 Å². The van der Waals surface area contributed by atoms with Crippen molar-refractivity contribution in [2.75, 3.05) is 32.5 Å². The molecule has 10 aromatic rings. The molecule has 0 fully saturated rings. The first-order chi connectivity index (χ1) is 33.8. The highest BCUT2D eigenvalue weighted by Crippen LogP contribution is 2.33. The number of nitrogens with zero attached hydrogens (tertiary/aromatic N) is 9. The molecule has 0 aliphatic carbocycles. The number of anilines is 2. The molecule has 0 saturated heterocycles. The van der Waals surface area contributed by atoms with Gasteiger partial charge in [-0.25, -0.2) is 31.8 Å². The summed E-state index contributed by atoms with van der Waals surface area (Å²) in [6, 6.07) is 30.0. The third-order valence-electron chi connectivity index (χ3n) is 11.3. The van der Waals surface area contributed by atoms with Crippen LogP contribution in [0.3, 0.4) is 0 Å². The van der Waals surface area contributed by atoms with Gasteiger partial charge in [-0.2, -0.15) is 10.2 Å². The fourth-order valence-corrected chi connectivity index (χ4v) is 14.7. The maximum absolute atomic E-state index is 13.0. The van der Waals surface area contributed by atoms with E-state index in [9.17, 15) is 16.8 Å². The summed E-state index contributed by atoms with van der Waals surface area (Å²) in [6.07, 6.45) is 3.01. The zero-order chi connectivity index (χ0) is 49.7. The van der Waals surface area contributed by atoms with Crippen molar-refractivity contribution in [1.82, 2.24) is 49.6 Å². The van der Waals surface area contributed by atoms with Crippen molar-refractivity contribution >= 4 is 115 Å². The third-order valence-corrected chi connectivity index (χ3v) is 18.6. The van der Waals surface area contributed by atoms with E-state index in [4.69, 9.17) is 25.4 Å². The van der Waals surface area contributed by atoms with E-state index >= 15 is 0 Å². The van der Waals surface area contributed by atoms with E-state index in [0.717, 1.165) is 56.8 Å². The average molecular weight is 1060 g/mol. The first kappa shape index (κ1) is 48.7. The molecule has 0 amide bonds. The van der Waals surface area contributed by atoms with Crippen LogP contribution in [0.2, 0.25) is 0 Å². The van der Waals surface area contributed by atoms with Crippen LogP contribution in [0.4, 0.5) is 11.4 Å². The topological polar surface area (TPSA) is 207 Å². The number of aromatic amines is 1. The van der Waals surface area contributed by atoms with Gasteiger partial charge >= 0.3 is 0 Å². The number of fused-ring (bicyclic) bond motifs is 4. The summed E-state index contributed by atoms with van der Waals surface area (Å²) < 4.78 is 64.8. The highest BCUT2D eigenvalue weighted by atomic mass is 32.2. The van der Waals surface area contributed by atoms with Gasteiger partial charge in [0.25, 0.3) is 0 Å². The number of sulfonamides is 2. The van der Waals surface area contributed by atoms with Gasteiger partial charge in [0, 0.05) is 55.6 Å². The van der Waals surface area contributed by atoms with Crippen LogP contribution in [0.15, 0.2) is 106 Å². The van der Waals surface area contributed by atoms with Crippen LogP contribution in [-0.2, 0) is 30.9 Å². The Bertz CT molecular complexity index is 3780. The Morgan fingerprint density at radius 2 is 1.11 bits per heavy atom. The normalized spacial score (nSPS) is 13.1. The molecular formula is C49H50N12O4S6. The van der Waals surface area contributed by atoms with Crippen molar-refractivity contribution < 1.29 is 16.8 Å². The molecule has 10 rings (SSSR count). The molecule has 0 saturated carbocycles. The van der Waals surface area contributed by atoms with Crippen LogP contribution < -0.4 is 14.7 Å². The second kappa shape index (κ2) is 19.3. The SMILES string of the molecule is CC(C)(C)c1nn2nc(-c3ccc(NS(=O)(=O)CCCSc4nc5ccccc5s4)cc3)[nH]c2c1/C=c1/c(C(C)(C)C)nn2nc(-c3ccc(NS(=O)(=O)CCCSc4nc5ccccc5s4)cc3)nc12. The van der Waals surface area contributed by atoms with Crippen molar-refractivity contribution in [3.63, 3.8) is 0 Å². The molecule has 0 radical (unpaired) electrons. The summed E-state index contributed by atoms with van der Waals surface area (Å²) in [6.45, 7) is 12.6. The number of thioether (sulfide) groups is 2. The van der Waals surface area contributed by atoms with E-state index in [1.165, 1.54) is 0 Å². The molecule has 0 bridgehead atoms. The molecule has 71 heavy (non-hydrogen) atoms. The maximum Gasteiger partial charge on any atom is 0.232 e.